The molecule has 0 aliphatic carbocycles. The predicted molar refractivity (Wildman–Crippen MR) is 62.4 cm³/mol. The van der Waals surface area contributed by atoms with Crippen LogP contribution >= 0.6 is 0 Å². The lowest BCUT2D eigenvalue weighted by molar-refractivity contribution is 0.112. The molecule has 82 valence electrons. The van der Waals surface area contributed by atoms with Crippen LogP contribution in [0.1, 0.15) is 10.4 Å². The van der Waals surface area contributed by atoms with E-state index in [1.165, 1.54) is 0 Å². The first kappa shape index (κ1) is 10.5. The third kappa shape index (κ3) is 1.60. The highest BCUT2D eigenvalue weighted by atomic mass is 16.5. The predicted octanol–water partition coefficient (Wildman–Crippen LogP) is 2.67. The first-order chi connectivity index (χ1) is 7.80. The number of aldehydes is 1. The van der Waals surface area contributed by atoms with E-state index in [0.717, 1.165) is 28.6 Å². The minimum absolute atomic E-state index is 0.624. The first-order valence-corrected chi connectivity index (χ1v) is 4.90. The van der Waals surface area contributed by atoms with Crippen LogP contribution in [0.2, 0.25) is 0 Å². The Kier molecular flexibility index (Phi) is 2.77. The Morgan fingerprint density at radius 1 is 0.938 bits per heavy atom. The molecule has 3 heteroatoms. The van der Waals surface area contributed by atoms with Crippen molar-refractivity contribution in [2.45, 2.75) is 0 Å². The standard InChI is InChI=1S/C13H12O3/c1-15-12-5-6-13(16-2)11-7-9(8-14)3-4-10(11)12/h3-8H,1-2H3. The van der Waals surface area contributed by atoms with Gasteiger partial charge in [-0.15, -0.1) is 0 Å². The van der Waals surface area contributed by atoms with Crippen molar-refractivity contribution in [2.75, 3.05) is 14.2 Å². The van der Waals surface area contributed by atoms with E-state index in [1.54, 1.807) is 26.4 Å². The molecule has 2 rings (SSSR count). The van der Waals surface area contributed by atoms with E-state index in [4.69, 9.17) is 9.47 Å². The van der Waals surface area contributed by atoms with Crippen LogP contribution in [0.15, 0.2) is 30.3 Å². The molecule has 3 nitrogen and oxygen atoms in total. The van der Waals surface area contributed by atoms with Gasteiger partial charge in [-0.05, 0) is 24.3 Å². The Morgan fingerprint density at radius 2 is 1.56 bits per heavy atom. The number of carbonyl (C=O) groups is 1. The lowest BCUT2D eigenvalue weighted by Gasteiger charge is -2.09. The summed E-state index contributed by atoms with van der Waals surface area (Å²) in [5.41, 5.74) is 0.624. The van der Waals surface area contributed by atoms with Crippen LogP contribution in [0.25, 0.3) is 10.8 Å². The van der Waals surface area contributed by atoms with Crippen LogP contribution < -0.4 is 9.47 Å². The van der Waals surface area contributed by atoms with E-state index in [2.05, 4.69) is 0 Å². The summed E-state index contributed by atoms with van der Waals surface area (Å²) >= 11 is 0. The highest BCUT2D eigenvalue weighted by molar-refractivity contribution is 5.96. The van der Waals surface area contributed by atoms with Crippen LogP contribution in [0.3, 0.4) is 0 Å². The molecule has 0 spiro atoms. The third-order valence-electron chi connectivity index (χ3n) is 2.54. The van der Waals surface area contributed by atoms with Gasteiger partial charge in [0.1, 0.15) is 17.8 Å². The van der Waals surface area contributed by atoms with Crippen LogP contribution in [-0.2, 0) is 0 Å². The zero-order chi connectivity index (χ0) is 11.5. The maximum atomic E-state index is 10.7. The fraction of sp³-hybridized carbons (Fsp3) is 0.154. The van der Waals surface area contributed by atoms with Crippen LogP contribution in [0, 0.1) is 0 Å². The van der Waals surface area contributed by atoms with Gasteiger partial charge in [0.25, 0.3) is 0 Å². The van der Waals surface area contributed by atoms with Crippen molar-refractivity contribution in [3.05, 3.63) is 35.9 Å². The number of methoxy groups -OCH3 is 2. The molecule has 2 aromatic carbocycles. The quantitative estimate of drug-likeness (QED) is 0.740. The Balaban J connectivity index is 2.79. The largest absolute Gasteiger partial charge is 0.496 e. The summed E-state index contributed by atoms with van der Waals surface area (Å²) in [6.45, 7) is 0. The summed E-state index contributed by atoms with van der Waals surface area (Å²) in [6, 6.07) is 9.10. The van der Waals surface area contributed by atoms with E-state index in [-0.39, 0.29) is 0 Å². The molecular weight excluding hydrogens is 204 g/mol. The molecule has 2 aromatic rings. The molecule has 0 atom stereocenters. The summed E-state index contributed by atoms with van der Waals surface area (Å²) in [5, 5.41) is 1.82. The molecule has 0 N–H and O–H groups in total. The minimum Gasteiger partial charge on any atom is -0.496 e. The highest BCUT2D eigenvalue weighted by Crippen LogP contribution is 2.33. The molecule has 0 saturated heterocycles. The monoisotopic (exact) mass is 216 g/mol. The SMILES string of the molecule is COc1ccc(OC)c2cc(C=O)ccc12. The van der Waals surface area contributed by atoms with Crippen molar-refractivity contribution in [2.24, 2.45) is 0 Å². The van der Waals surface area contributed by atoms with Crippen molar-refractivity contribution < 1.29 is 14.3 Å². The molecule has 0 aliphatic heterocycles. The van der Waals surface area contributed by atoms with Crippen LogP contribution in [0.5, 0.6) is 11.5 Å². The molecule has 0 heterocycles. The summed E-state index contributed by atoms with van der Waals surface area (Å²) in [4.78, 5) is 10.7. The normalized spacial score (nSPS) is 10.1. The second kappa shape index (κ2) is 4.23. The van der Waals surface area contributed by atoms with Gasteiger partial charge >= 0.3 is 0 Å². The Hall–Kier alpha value is -2.03. The van der Waals surface area contributed by atoms with E-state index >= 15 is 0 Å². The number of hydrogen-bond acceptors (Lipinski definition) is 3. The van der Waals surface area contributed by atoms with E-state index in [9.17, 15) is 4.79 Å². The van der Waals surface area contributed by atoms with Crippen LogP contribution in [-0.4, -0.2) is 20.5 Å². The van der Waals surface area contributed by atoms with Gasteiger partial charge in [-0.3, -0.25) is 4.79 Å². The minimum atomic E-state index is 0.624. The Labute approximate surface area is 93.6 Å². The van der Waals surface area contributed by atoms with Gasteiger partial charge < -0.3 is 9.47 Å². The number of rotatable bonds is 3. The molecule has 0 unspecified atom stereocenters. The van der Waals surface area contributed by atoms with Crippen molar-refractivity contribution in [3.8, 4) is 11.5 Å². The topological polar surface area (TPSA) is 35.5 Å². The van der Waals surface area contributed by atoms with E-state index in [0.29, 0.717) is 5.56 Å². The van der Waals surface area contributed by atoms with Gasteiger partial charge in [0.15, 0.2) is 0 Å². The van der Waals surface area contributed by atoms with E-state index < -0.39 is 0 Å². The van der Waals surface area contributed by atoms with Gasteiger partial charge in [0.2, 0.25) is 0 Å². The Morgan fingerprint density at radius 3 is 2.12 bits per heavy atom. The van der Waals surface area contributed by atoms with Crippen molar-refractivity contribution in [1.82, 2.24) is 0 Å². The molecule has 0 fully saturated rings. The third-order valence-corrected chi connectivity index (χ3v) is 2.54. The van der Waals surface area contributed by atoms with Gasteiger partial charge in [0, 0.05) is 16.3 Å². The first-order valence-electron chi connectivity index (χ1n) is 4.90. The van der Waals surface area contributed by atoms with Crippen LogP contribution in [0.4, 0.5) is 0 Å². The summed E-state index contributed by atoms with van der Waals surface area (Å²) < 4.78 is 10.5. The van der Waals surface area contributed by atoms with E-state index in [1.807, 2.05) is 18.2 Å². The molecular formula is C13H12O3. The number of carbonyl (C=O) groups excluding carboxylic acids is 1. The lowest BCUT2D eigenvalue weighted by atomic mass is 10.1. The maximum absolute atomic E-state index is 10.7. The highest BCUT2D eigenvalue weighted by Gasteiger charge is 2.07. The molecule has 16 heavy (non-hydrogen) atoms. The molecule has 0 aromatic heterocycles. The molecule has 0 saturated carbocycles. The average Bonchev–Trinajstić information content (AvgIpc) is 2.36. The molecule has 0 bridgehead atoms. The van der Waals surface area contributed by atoms with Gasteiger partial charge in [-0.1, -0.05) is 6.07 Å². The fourth-order valence-electron chi connectivity index (χ4n) is 1.74. The van der Waals surface area contributed by atoms with Gasteiger partial charge in [-0.2, -0.15) is 0 Å². The second-order valence-corrected chi connectivity index (χ2v) is 3.39. The van der Waals surface area contributed by atoms with Crippen molar-refractivity contribution >= 4 is 17.1 Å². The summed E-state index contributed by atoms with van der Waals surface area (Å²) in [7, 11) is 3.23. The molecule has 0 radical (unpaired) electrons. The number of fused-ring (bicyclic) bond motifs is 1. The number of benzene rings is 2. The molecule has 0 amide bonds. The smallest absolute Gasteiger partial charge is 0.150 e. The zero-order valence-corrected chi connectivity index (χ0v) is 9.19. The summed E-state index contributed by atoms with van der Waals surface area (Å²) in [5.74, 6) is 1.51. The van der Waals surface area contributed by atoms with Gasteiger partial charge in [-0.25, -0.2) is 0 Å². The van der Waals surface area contributed by atoms with Gasteiger partial charge in [0.05, 0.1) is 14.2 Å². The maximum Gasteiger partial charge on any atom is 0.150 e. The average molecular weight is 216 g/mol. The Bertz CT molecular complexity index is 532. The number of ether oxygens (including phenoxy) is 2. The lowest BCUT2D eigenvalue weighted by Crippen LogP contribution is -1.90. The zero-order valence-electron chi connectivity index (χ0n) is 9.19. The fourth-order valence-corrected chi connectivity index (χ4v) is 1.74. The second-order valence-electron chi connectivity index (χ2n) is 3.39. The summed E-state index contributed by atoms with van der Waals surface area (Å²) in [6.07, 6.45) is 0.818. The molecule has 0 aliphatic rings. The van der Waals surface area contributed by atoms with Crippen molar-refractivity contribution in [1.29, 1.82) is 0 Å². The number of hydrogen-bond donors (Lipinski definition) is 0. The van der Waals surface area contributed by atoms with Crippen molar-refractivity contribution in [3.63, 3.8) is 0 Å².